The van der Waals surface area contributed by atoms with Crippen LogP contribution >= 0.6 is 0 Å². The first kappa shape index (κ1) is 12.7. The molecule has 0 saturated carbocycles. The average molecular weight is 256 g/mol. The van der Waals surface area contributed by atoms with Gasteiger partial charge in [0, 0.05) is 31.3 Å². The van der Waals surface area contributed by atoms with Crippen molar-refractivity contribution in [2.45, 2.75) is 6.18 Å². The molecule has 0 aromatic heterocycles. The van der Waals surface area contributed by atoms with Gasteiger partial charge in [0.2, 0.25) is 0 Å². The van der Waals surface area contributed by atoms with E-state index in [0.29, 0.717) is 18.8 Å². The molecule has 6 heteroatoms. The Kier molecular flexibility index (Phi) is 3.18. The van der Waals surface area contributed by atoms with Gasteiger partial charge in [0.15, 0.2) is 0 Å². The predicted octanol–water partition coefficient (Wildman–Crippen LogP) is 2.01. The summed E-state index contributed by atoms with van der Waals surface area (Å²) in [5.74, 6) is 0.165. The first-order valence-electron chi connectivity index (χ1n) is 5.43. The van der Waals surface area contributed by atoms with Gasteiger partial charge in [0.25, 0.3) is 0 Å². The van der Waals surface area contributed by atoms with Crippen LogP contribution < -0.4 is 4.90 Å². The van der Waals surface area contributed by atoms with Gasteiger partial charge in [0.05, 0.1) is 17.2 Å². The van der Waals surface area contributed by atoms with Gasteiger partial charge in [-0.3, -0.25) is 0 Å². The lowest BCUT2D eigenvalue weighted by atomic mass is 9.99. The van der Waals surface area contributed by atoms with Crippen molar-refractivity contribution in [1.29, 1.82) is 5.26 Å². The van der Waals surface area contributed by atoms with Gasteiger partial charge >= 0.3 is 6.18 Å². The molecule has 0 spiro atoms. The molecule has 0 radical (unpaired) electrons. The Labute approximate surface area is 102 Å². The third-order valence-corrected chi connectivity index (χ3v) is 3.01. The second kappa shape index (κ2) is 4.50. The number of hydrogen-bond donors (Lipinski definition) is 1. The van der Waals surface area contributed by atoms with Crippen molar-refractivity contribution in [3.63, 3.8) is 0 Å². The molecule has 3 nitrogen and oxygen atoms in total. The second-order valence-corrected chi connectivity index (χ2v) is 4.29. The highest BCUT2D eigenvalue weighted by molar-refractivity contribution is 5.56. The first-order valence-corrected chi connectivity index (χ1v) is 5.43. The average Bonchev–Trinajstić information content (AvgIpc) is 2.26. The maximum atomic E-state index is 12.6. The van der Waals surface area contributed by atoms with Gasteiger partial charge in [-0.1, -0.05) is 0 Å². The molecule has 1 fully saturated rings. The van der Waals surface area contributed by atoms with E-state index >= 15 is 0 Å². The van der Waals surface area contributed by atoms with Crippen molar-refractivity contribution in [2.24, 2.45) is 5.92 Å². The van der Waals surface area contributed by atoms with Gasteiger partial charge in [-0.25, -0.2) is 0 Å². The molecule has 0 amide bonds. The third kappa shape index (κ3) is 2.27. The SMILES string of the molecule is N#Cc1cc(N2CC(CO)C2)ccc1C(F)(F)F. The van der Waals surface area contributed by atoms with Crippen molar-refractivity contribution in [1.82, 2.24) is 0 Å². The molecule has 2 rings (SSSR count). The molecule has 18 heavy (non-hydrogen) atoms. The minimum absolute atomic E-state index is 0.0717. The molecule has 0 atom stereocenters. The Balaban J connectivity index is 2.24. The van der Waals surface area contributed by atoms with Crippen LogP contribution in [0.4, 0.5) is 18.9 Å². The molecule has 1 heterocycles. The van der Waals surface area contributed by atoms with Crippen LogP contribution in [-0.4, -0.2) is 24.8 Å². The zero-order chi connectivity index (χ0) is 13.3. The van der Waals surface area contributed by atoms with Crippen LogP contribution in [0.1, 0.15) is 11.1 Å². The number of alkyl halides is 3. The molecule has 0 aliphatic carbocycles. The van der Waals surface area contributed by atoms with Crippen LogP contribution in [0.2, 0.25) is 0 Å². The lowest BCUT2D eigenvalue weighted by Gasteiger charge is -2.40. The summed E-state index contributed by atoms with van der Waals surface area (Å²) in [5.41, 5.74) is -0.690. The summed E-state index contributed by atoms with van der Waals surface area (Å²) < 4.78 is 37.7. The van der Waals surface area contributed by atoms with Crippen LogP contribution in [0.5, 0.6) is 0 Å². The molecule has 1 aromatic carbocycles. The number of rotatable bonds is 2. The zero-order valence-electron chi connectivity index (χ0n) is 9.41. The highest BCUT2D eigenvalue weighted by Gasteiger charge is 2.34. The summed E-state index contributed by atoms with van der Waals surface area (Å²) in [7, 11) is 0. The molecule has 1 N–H and O–H groups in total. The Morgan fingerprint density at radius 2 is 2.06 bits per heavy atom. The lowest BCUT2D eigenvalue weighted by molar-refractivity contribution is -0.137. The second-order valence-electron chi connectivity index (χ2n) is 4.29. The number of nitrogens with zero attached hydrogens (tertiary/aromatic N) is 2. The quantitative estimate of drug-likeness (QED) is 0.880. The first-order chi connectivity index (χ1) is 8.45. The molecule has 0 unspecified atom stereocenters. The minimum Gasteiger partial charge on any atom is -0.396 e. The Bertz CT molecular complexity index is 487. The fraction of sp³-hybridized carbons (Fsp3) is 0.417. The Hall–Kier alpha value is -1.74. The molecule has 96 valence electrons. The summed E-state index contributed by atoms with van der Waals surface area (Å²) in [6.07, 6.45) is -4.51. The molecule has 1 aromatic rings. The molecule has 1 saturated heterocycles. The van der Waals surface area contributed by atoms with E-state index in [1.54, 1.807) is 6.07 Å². The topological polar surface area (TPSA) is 47.3 Å². The van der Waals surface area contributed by atoms with Gasteiger partial charge in [-0.2, -0.15) is 18.4 Å². The van der Waals surface area contributed by atoms with E-state index in [1.165, 1.54) is 12.1 Å². The maximum absolute atomic E-state index is 12.6. The number of anilines is 1. The normalized spacial score (nSPS) is 16.3. The molecule has 1 aliphatic heterocycles. The van der Waals surface area contributed by atoms with Gasteiger partial charge in [0.1, 0.15) is 0 Å². The van der Waals surface area contributed by atoms with Crippen LogP contribution in [0, 0.1) is 17.2 Å². The van der Waals surface area contributed by atoms with Gasteiger partial charge in [-0.05, 0) is 18.2 Å². The number of halogens is 3. The summed E-state index contributed by atoms with van der Waals surface area (Å²) >= 11 is 0. The highest BCUT2D eigenvalue weighted by Crippen LogP contribution is 2.34. The van der Waals surface area contributed by atoms with E-state index in [-0.39, 0.29) is 18.1 Å². The van der Waals surface area contributed by atoms with E-state index in [1.807, 2.05) is 4.90 Å². The largest absolute Gasteiger partial charge is 0.417 e. The maximum Gasteiger partial charge on any atom is 0.417 e. The number of aliphatic hydroxyl groups excluding tert-OH is 1. The van der Waals surface area contributed by atoms with Crippen molar-refractivity contribution in [3.05, 3.63) is 29.3 Å². The summed E-state index contributed by atoms with van der Waals surface area (Å²) in [5, 5.41) is 17.6. The van der Waals surface area contributed by atoms with Gasteiger partial charge in [-0.15, -0.1) is 0 Å². The third-order valence-electron chi connectivity index (χ3n) is 3.01. The smallest absolute Gasteiger partial charge is 0.396 e. The van der Waals surface area contributed by atoms with Crippen LogP contribution in [-0.2, 0) is 6.18 Å². The lowest BCUT2D eigenvalue weighted by Crippen LogP contribution is -2.48. The van der Waals surface area contributed by atoms with Crippen molar-refractivity contribution >= 4 is 5.69 Å². The summed E-state index contributed by atoms with van der Waals surface area (Å²) in [6, 6.07) is 5.11. The van der Waals surface area contributed by atoms with E-state index in [2.05, 4.69) is 0 Å². The molecule has 0 bridgehead atoms. The van der Waals surface area contributed by atoms with E-state index in [4.69, 9.17) is 10.4 Å². The van der Waals surface area contributed by atoms with Crippen molar-refractivity contribution < 1.29 is 18.3 Å². The monoisotopic (exact) mass is 256 g/mol. The predicted molar refractivity (Wildman–Crippen MR) is 58.9 cm³/mol. The number of nitriles is 1. The van der Waals surface area contributed by atoms with Gasteiger partial charge < -0.3 is 10.0 Å². The summed E-state index contributed by atoms with van der Waals surface area (Å²) in [4.78, 5) is 1.84. The highest BCUT2D eigenvalue weighted by atomic mass is 19.4. The fourth-order valence-corrected chi connectivity index (χ4v) is 1.96. The van der Waals surface area contributed by atoms with Crippen molar-refractivity contribution in [2.75, 3.05) is 24.6 Å². The molecular weight excluding hydrogens is 245 g/mol. The summed E-state index contributed by atoms with van der Waals surface area (Å²) in [6.45, 7) is 1.28. The standard InChI is InChI=1S/C12H11F3N2O/c13-12(14,15)11-2-1-10(3-9(11)4-16)17-5-8(6-17)7-18/h1-3,8,18H,5-7H2. The van der Waals surface area contributed by atoms with Crippen LogP contribution in [0.15, 0.2) is 18.2 Å². The van der Waals surface area contributed by atoms with Crippen molar-refractivity contribution in [3.8, 4) is 6.07 Å². The molecule has 1 aliphatic rings. The van der Waals surface area contributed by atoms with Crippen LogP contribution in [0.25, 0.3) is 0 Å². The Morgan fingerprint density at radius 3 is 2.56 bits per heavy atom. The molecular formula is C12H11F3N2O. The van der Waals surface area contributed by atoms with E-state index in [9.17, 15) is 13.2 Å². The number of benzene rings is 1. The number of aliphatic hydroxyl groups is 1. The zero-order valence-corrected chi connectivity index (χ0v) is 9.41. The van der Waals surface area contributed by atoms with E-state index in [0.717, 1.165) is 6.07 Å². The fourth-order valence-electron chi connectivity index (χ4n) is 1.96. The minimum atomic E-state index is -4.51. The van der Waals surface area contributed by atoms with Crippen LogP contribution in [0.3, 0.4) is 0 Å². The Morgan fingerprint density at radius 1 is 1.39 bits per heavy atom. The van der Waals surface area contributed by atoms with E-state index < -0.39 is 11.7 Å². The number of hydrogen-bond acceptors (Lipinski definition) is 3.